The van der Waals surface area contributed by atoms with Crippen molar-refractivity contribution in [3.63, 3.8) is 0 Å². The van der Waals surface area contributed by atoms with Gasteiger partial charge >= 0.3 is 5.97 Å². The van der Waals surface area contributed by atoms with Crippen molar-refractivity contribution in [3.05, 3.63) is 84.3 Å². The summed E-state index contributed by atoms with van der Waals surface area (Å²) in [6.07, 6.45) is 5.03. The summed E-state index contributed by atoms with van der Waals surface area (Å²) in [7, 11) is 1.30. The molecular weight excluding hydrogens is 380 g/mol. The number of carbonyl (C=O) groups excluding carboxylic acids is 2. The zero-order chi connectivity index (χ0) is 20.9. The number of H-pyrrole nitrogens is 1. The summed E-state index contributed by atoms with van der Waals surface area (Å²) < 4.78 is 4.89. The summed E-state index contributed by atoms with van der Waals surface area (Å²) in [4.78, 5) is 36.7. The van der Waals surface area contributed by atoms with Crippen molar-refractivity contribution >= 4 is 22.8 Å². The Morgan fingerprint density at radius 3 is 2.47 bits per heavy atom. The van der Waals surface area contributed by atoms with Gasteiger partial charge in [0, 0.05) is 41.5 Å². The monoisotopic (exact) mass is 400 g/mol. The average molecular weight is 400 g/mol. The first kappa shape index (κ1) is 19.3. The highest BCUT2D eigenvalue weighted by molar-refractivity contribution is 5.96. The number of rotatable bonds is 6. The number of methoxy groups -OCH3 is 1. The molecule has 0 spiro atoms. The number of nitrogens with zero attached hydrogens (tertiary/aromatic N) is 2. The summed E-state index contributed by atoms with van der Waals surface area (Å²) in [5.41, 5.74) is 3.00. The maximum Gasteiger partial charge on any atom is 0.328 e. The van der Waals surface area contributed by atoms with Gasteiger partial charge in [-0.15, -0.1) is 0 Å². The Hall–Kier alpha value is -4.00. The quantitative estimate of drug-likeness (QED) is 0.485. The molecule has 2 aromatic heterocycles. The van der Waals surface area contributed by atoms with Crippen LogP contribution in [0.15, 0.2) is 73.2 Å². The lowest BCUT2D eigenvalue weighted by Crippen LogP contribution is -2.43. The van der Waals surface area contributed by atoms with E-state index in [1.807, 2.05) is 60.8 Å². The Morgan fingerprint density at radius 1 is 1.03 bits per heavy atom. The van der Waals surface area contributed by atoms with Gasteiger partial charge in [0.1, 0.15) is 6.04 Å². The molecule has 0 aliphatic rings. The third-order valence-electron chi connectivity index (χ3n) is 4.84. The third kappa shape index (κ3) is 4.05. The van der Waals surface area contributed by atoms with Crippen LogP contribution in [0.5, 0.6) is 0 Å². The predicted octanol–water partition coefficient (Wildman–Crippen LogP) is 3.14. The SMILES string of the molecule is COC(=O)[C@@H](Cc1c[nH]c2ccccc12)NC(=O)c1cnc(-c2ccccc2)nc1. The van der Waals surface area contributed by atoms with Crippen LogP contribution in [0, 0.1) is 0 Å². The Labute approximate surface area is 173 Å². The lowest BCUT2D eigenvalue weighted by Gasteiger charge is -2.16. The molecule has 4 rings (SSSR count). The Kier molecular flexibility index (Phi) is 5.52. The third-order valence-corrected chi connectivity index (χ3v) is 4.84. The smallest absolute Gasteiger partial charge is 0.328 e. The van der Waals surface area contributed by atoms with E-state index in [0.717, 1.165) is 22.0 Å². The van der Waals surface area contributed by atoms with Gasteiger partial charge < -0.3 is 15.0 Å². The van der Waals surface area contributed by atoms with Crippen LogP contribution in [-0.4, -0.2) is 40.0 Å². The van der Waals surface area contributed by atoms with Crippen LogP contribution in [0.25, 0.3) is 22.3 Å². The number of carbonyl (C=O) groups is 2. The molecule has 0 unspecified atom stereocenters. The predicted molar refractivity (Wildman–Crippen MR) is 113 cm³/mol. The number of benzene rings is 2. The Balaban J connectivity index is 1.51. The fraction of sp³-hybridized carbons (Fsp3) is 0.130. The fourth-order valence-corrected chi connectivity index (χ4v) is 3.28. The highest BCUT2D eigenvalue weighted by atomic mass is 16.5. The van der Waals surface area contributed by atoms with Gasteiger partial charge in [-0.25, -0.2) is 14.8 Å². The van der Waals surface area contributed by atoms with Crippen LogP contribution >= 0.6 is 0 Å². The van der Waals surface area contributed by atoms with E-state index < -0.39 is 17.9 Å². The molecule has 30 heavy (non-hydrogen) atoms. The number of nitrogens with one attached hydrogen (secondary N) is 2. The number of para-hydroxylation sites is 1. The summed E-state index contributed by atoms with van der Waals surface area (Å²) in [5, 5.41) is 3.74. The van der Waals surface area contributed by atoms with E-state index in [2.05, 4.69) is 20.3 Å². The van der Waals surface area contributed by atoms with Gasteiger partial charge in [-0.1, -0.05) is 48.5 Å². The van der Waals surface area contributed by atoms with Crippen LogP contribution < -0.4 is 5.32 Å². The highest BCUT2D eigenvalue weighted by Gasteiger charge is 2.24. The molecule has 1 atom stereocenters. The largest absolute Gasteiger partial charge is 0.467 e. The normalized spacial score (nSPS) is 11.8. The molecule has 2 aromatic carbocycles. The number of amides is 1. The maximum absolute atomic E-state index is 12.7. The van der Waals surface area contributed by atoms with Crippen LogP contribution in [0.3, 0.4) is 0 Å². The second kappa shape index (κ2) is 8.57. The van der Waals surface area contributed by atoms with E-state index in [1.165, 1.54) is 19.5 Å². The van der Waals surface area contributed by atoms with Gasteiger partial charge in [-0.3, -0.25) is 4.79 Å². The molecule has 1 amide bonds. The summed E-state index contributed by atoms with van der Waals surface area (Å²) in [6.45, 7) is 0. The van der Waals surface area contributed by atoms with Crippen molar-refractivity contribution in [2.45, 2.75) is 12.5 Å². The number of fused-ring (bicyclic) bond motifs is 1. The second-order valence-corrected chi connectivity index (χ2v) is 6.77. The van der Waals surface area contributed by atoms with Crippen LogP contribution in [0.2, 0.25) is 0 Å². The number of ether oxygens (including phenoxy) is 1. The number of esters is 1. The van der Waals surface area contributed by atoms with Gasteiger partial charge in [-0.2, -0.15) is 0 Å². The van der Waals surface area contributed by atoms with Gasteiger partial charge in [0.15, 0.2) is 5.82 Å². The lowest BCUT2D eigenvalue weighted by molar-refractivity contribution is -0.142. The molecule has 150 valence electrons. The standard InChI is InChI=1S/C23H20N4O3/c1-30-23(29)20(11-16-12-24-19-10-6-5-9-18(16)19)27-22(28)17-13-25-21(26-14-17)15-7-3-2-4-8-15/h2-10,12-14,20,24H,11H2,1H3,(H,27,28)/t20-/m1/s1. The van der Waals surface area contributed by atoms with Crippen molar-refractivity contribution in [3.8, 4) is 11.4 Å². The van der Waals surface area contributed by atoms with E-state index in [1.54, 1.807) is 0 Å². The first-order valence-electron chi connectivity index (χ1n) is 9.47. The summed E-state index contributed by atoms with van der Waals surface area (Å²) in [6, 6.07) is 16.4. The van der Waals surface area contributed by atoms with E-state index in [0.29, 0.717) is 12.2 Å². The zero-order valence-corrected chi connectivity index (χ0v) is 16.3. The molecule has 0 fully saturated rings. The molecule has 0 aliphatic carbocycles. The second-order valence-electron chi connectivity index (χ2n) is 6.77. The van der Waals surface area contributed by atoms with E-state index in [4.69, 9.17) is 4.74 Å². The van der Waals surface area contributed by atoms with Crippen molar-refractivity contribution in [2.24, 2.45) is 0 Å². The number of aromatic nitrogens is 3. The van der Waals surface area contributed by atoms with Gasteiger partial charge in [0.2, 0.25) is 0 Å². The fourth-order valence-electron chi connectivity index (χ4n) is 3.28. The molecule has 0 saturated heterocycles. The number of aromatic amines is 1. The first-order valence-corrected chi connectivity index (χ1v) is 9.47. The number of hydrogen-bond donors (Lipinski definition) is 2. The molecule has 0 saturated carbocycles. The summed E-state index contributed by atoms with van der Waals surface area (Å²) in [5.74, 6) is -0.434. The average Bonchev–Trinajstić information content (AvgIpc) is 3.21. The molecule has 7 nitrogen and oxygen atoms in total. The van der Waals surface area contributed by atoms with E-state index >= 15 is 0 Å². The van der Waals surface area contributed by atoms with Crippen LogP contribution in [0.1, 0.15) is 15.9 Å². The summed E-state index contributed by atoms with van der Waals surface area (Å²) >= 11 is 0. The minimum absolute atomic E-state index is 0.266. The van der Waals surface area contributed by atoms with E-state index in [9.17, 15) is 9.59 Å². The zero-order valence-electron chi connectivity index (χ0n) is 16.3. The molecule has 7 heteroatoms. The van der Waals surface area contributed by atoms with Crippen molar-refractivity contribution in [1.29, 1.82) is 0 Å². The van der Waals surface area contributed by atoms with Crippen LogP contribution in [0.4, 0.5) is 0 Å². The minimum atomic E-state index is -0.837. The lowest BCUT2D eigenvalue weighted by atomic mass is 10.0. The Bertz CT molecular complexity index is 1170. The van der Waals surface area contributed by atoms with Crippen molar-refractivity contribution in [2.75, 3.05) is 7.11 Å². The minimum Gasteiger partial charge on any atom is -0.467 e. The van der Waals surface area contributed by atoms with Gasteiger partial charge in [-0.05, 0) is 11.6 Å². The van der Waals surface area contributed by atoms with Crippen molar-refractivity contribution < 1.29 is 14.3 Å². The highest BCUT2D eigenvalue weighted by Crippen LogP contribution is 2.19. The maximum atomic E-state index is 12.7. The molecular formula is C23H20N4O3. The molecule has 4 aromatic rings. The molecule has 0 aliphatic heterocycles. The topological polar surface area (TPSA) is 97.0 Å². The molecule has 2 N–H and O–H groups in total. The van der Waals surface area contributed by atoms with Crippen LogP contribution in [-0.2, 0) is 16.0 Å². The van der Waals surface area contributed by atoms with Crippen molar-refractivity contribution in [1.82, 2.24) is 20.3 Å². The number of hydrogen-bond acceptors (Lipinski definition) is 5. The molecule has 2 heterocycles. The molecule has 0 radical (unpaired) electrons. The molecule has 0 bridgehead atoms. The first-order chi connectivity index (χ1) is 14.7. The van der Waals surface area contributed by atoms with Gasteiger partial charge in [0.05, 0.1) is 12.7 Å². The Morgan fingerprint density at radius 2 is 1.73 bits per heavy atom. The van der Waals surface area contributed by atoms with Gasteiger partial charge in [0.25, 0.3) is 5.91 Å². The van der Waals surface area contributed by atoms with E-state index in [-0.39, 0.29) is 5.56 Å².